The number of aromatic nitrogens is 1. The van der Waals surface area contributed by atoms with E-state index >= 15 is 0 Å². The van der Waals surface area contributed by atoms with Gasteiger partial charge in [-0.25, -0.2) is 13.1 Å². The van der Waals surface area contributed by atoms with Crippen molar-refractivity contribution < 1.29 is 8.42 Å². The molecular weight excluding hydrogens is 322 g/mol. The Morgan fingerprint density at radius 1 is 1.42 bits per heavy atom. The molecule has 0 bridgehead atoms. The summed E-state index contributed by atoms with van der Waals surface area (Å²) >= 11 is 0. The van der Waals surface area contributed by atoms with E-state index in [2.05, 4.69) is 40.0 Å². The Balaban J connectivity index is 1.74. The molecule has 0 amide bonds. The first kappa shape index (κ1) is 17.2. The van der Waals surface area contributed by atoms with E-state index < -0.39 is 10.0 Å². The van der Waals surface area contributed by atoms with Crippen LogP contribution in [-0.4, -0.2) is 50.7 Å². The molecule has 6 heteroatoms. The van der Waals surface area contributed by atoms with Gasteiger partial charge in [0, 0.05) is 29.7 Å². The summed E-state index contributed by atoms with van der Waals surface area (Å²) in [6.07, 6.45) is 10.7. The van der Waals surface area contributed by atoms with Gasteiger partial charge >= 0.3 is 0 Å². The number of fused-ring (bicyclic) bond motifs is 1. The number of H-pyrrole nitrogens is 1. The lowest BCUT2D eigenvalue weighted by atomic mass is 10.0. The fraction of sp³-hybridized carbons (Fsp3) is 0.444. The highest BCUT2D eigenvalue weighted by Gasteiger charge is 2.22. The van der Waals surface area contributed by atoms with E-state index in [0.717, 1.165) is 17.5 Å². The molecule has 1 fully saturated rings. The summed E-state index contributed by atoms with van der Waals surface area (Å²) < 4.78 is 24.6. The molecule has 24 heavy (non-hydrogen) atoms. The van der Waals surface area contributed by atoms with Crippen molar-refractivity contribution in [1.82, 2.24) is 14.6 Å². The number of hydrogen-bond donors (Lipinski definition) is 2. The number of likely N-dealkylation sites (tertiary alicyclic amines) is 1. The average Bonchev–Trinajstić information content (AvgIpc) is 3.10. The van der Waals surface area contributed by atoms with Crippen LogP contribution in [0.1, 0.15) is 24.0 Å². The smallest absolute Gasteiger partial charge is 0.208 e. The lowest BCUT2D eigenvalue weighted by Gasteiger charge is -2.18. The first-order chi connectivity index (χ1) is 11.4. The van der Waals surface area contributed by atoms with Gasteiger partial charge in [0.25, 0.3) is 0 Å². The quantitative estimate of drug-likeness (QED) is 0.843. The van der Waals surface area contributed by atoms with Crippen LogP contribution in [0.5, 0.6) is 0 Å². The minimum Gasteiger partial charge on any atom is -0.361 e. The molecule has 2 heterocycles. The van der Waals surface area contributed by atoms with E-state index in [4.69, 9.17) is 0 Å². The Labute approximate surface area is 143 Å². The molecule has 0 unspecified atom stereocenters. The standard InChI is InChI=1S/C18H25N3O2S/c1-21-10-4-6-16(21)12-15-13-19-18-8-7-14(11-17(15)18)5-3-9-20-24(2,22)23/h3,5,7-8,11,13,16,19-20H,4,6,9-10,12H2,1-2H3/b5-3+/t16-/m1/s1. The van der Waals surface area contributed by atoms with E-state index in [-0.39, 0.29) is 0 Å². The minimum atomic E-state index is -3.14. The van der Waals surface area contributed by atoms with Crippen LogP contribution in [0, 0.1) is 0 Å². The maximum Gasteiger partial charge on any atom is 0.208 e. The van der Waals surface area contributed by atoms with Gasteiger partial charge in [-0.2, -0.15) is 0 Å². The van der Waals surface area contributed by atoms with Crippen LogP contribution in [0.4, 0.5) is 0 Å². The first-order valence-electron chi connectivity index (χ1n) is 8.34. The third-order valence-corrected chi connectivity index (χ3v) is 5.38. The van der Waals surface area contributed by atoms with Gasteiger partial charge in [0.15, 0.2) is 0 Å². The van der Waals surface area contributed by atoms with Crippen LogP contribution in [0.3, 0.4) is 0 Å². The van der Waals surface area contributed by atoms with Crippen molar-refractivity contribution in [1.29, 1.82) is 0 Å². The van der Waals surface area contributed by atoms with Gasteiger partial charge in [-0.15, -0.1) is 0 Å². The number of aromatic amines is 1. The Morgan fingerprint density at radius 2 is 2.25 bits per heavy atom. The molecular formula is C18H25N3O2S. The van der Waals surface area contributed by atoms with Gasteiger partial charge in [-0.3, -0.25) is 0 Å². The zero-order valence-corrected chi connectivity index (χ0v) is 15.1. The zero-order valence-electron chi connectivity index (χ0n) is 14.2. The SMILES string of the molecule is CN1CCC[C@@H]1Cc1c[nH]c2ccc(/C=C/CNS(C)(=O)=O)cc12. The highest BCUT2D eigenvalue weighted by atomic mass is 32.2. The Kier molecular flexibility index (Phi) is 5.08. The summed E-state index contributed by atoms with van der Waals surface area (Å²) in [6.45, 7) is 1.50. The second-order valence-electron chi connectivity index (χ2n) is 6.62. The van der Waals surface area contributed by atoms with E-state index in [0.29, 0.717) is 12.6 Å². The maximum absolute atomic E-state index is 11.1. The van der Waals surface area contributed by atoms with Crippen LogP contribution in [-0.2, 0) is 16.4 Å². The average molecular weight is 347 g/mol. The second kappa shape index (κ2) is 7.09. The van der Waals surface area contributed by atoms with Gasteiger partial charge in [-0.1, -0.05) is 18.2 Å². The molecule has 1 aromatic heterocycles. The van der Waals surface area contributed by atoms with Crippen LogP contribution in [0.2, 0.25) is 0 Å². The molecule has 130 valence electrons. The number of nitrogens with one attached hydrogen (secondary N) is 2. The molecule has 0 aliphatic carbocycles. The van der Waals surface area contributed by atoms with Crippen molar-refractivity contribution in [3.63, 3.8) is 0 Å². The number of benzene rings is 1. The number of nitrogens with zero attached hydrogens (tertiary/aromatic N) is 1. The highest BCUT2D eigenvalue weighted by molar-refractivity contribution is 7.88. The lowest BCUT2D eigenvalue weighted by molar-refractivity contribution is 0.310. The normalized spacial score (nSPS) is 19.7. The fourth-order valence-electron chi connectivity index (χ4n) is 3.35. The minimum absolute atomic E-state index is 0.309. The third-order valence-electron chi connectivity index (χ3n) is 4.69. The first-order valence-corrected chi connectivity index (χ1v) is 10.2. The highest BCUT2D eigenvalue weighted by Crippen LogP contribution is 2.25. The third kappa shape index (κ3) is 4.26. The molecule has 1 aliphatic rings. The van der Waals surface area contributed by atoms with Crippen LogP contribution in [0.15, 0.2) is 30.5 Å². The molecule has 5 nitrogen and oxygen atoms in total. The molecule has 1 aromatic carbocycles. The van der Waals surface area contributed by atoms with Gasteiger partial charge < -0.3 is 9.88 Å². The van der Waals surface area contributed by atoms with E-state index in [1.807, 2.05) is 18.2 Å². The van der Waals surface area contributed by atoms with Crippen molar-refractivity contribution in [2.75, 3.05) is 26.4 Å². The van der Waals surface area contributed by atoms with Crippen LogP contribution >= 0.6 is 0 Å². The van der Waals surface area contributed by atoms with Crippen molar-refractivity contribution in [2.45, 2.75) is 25.3 Å². The van der Waals surface area contributed by atoms with Crippen molar-refractivity contribution >= 4 is 27.0 Å². The van der Waals surface area contributed by atoms with Crippen molar-refractivity contribution in [3.05, 3.63) is 41.6 Å². The molecule has 1 atom stereocenters. The van der Waals surface area contributed by atoms with Gasteiger partial charge in [0.05, 0.1) is 6.26 Å². The molecule has 0 saturated carbocycles. The van der Waals surface area contributed by atoms with Crippen LogP contribution in [0.25, 0.3) is 17.0 Å². The summed E-state index contributed by atoms with van der Waals surface area (Å²) in [5, 5.41) is 1.26. The Bertz CT molecular complexity index is 839. The van der Waals surface area contributed by atoms with Crippen molar-refractivity contribution in [3.8, 4) is 0 Å². The molecule has 1 saturated heterocycles. The molecule has 0 spiro atoms. The molecule has 2 N–H and O–H groups in total. The molecule has 3 rings (SSSR count). The summed E-state index contributed by atoms with van der Waals surface area (Å²) in [5.74, 6) is 0. The summed E-state index contributed by atoms with van der Waals surface area (Å²) in [4.78, 5) is 5.80. The number of hydrogen-bond acceptors (Lipinski definition) is 3. The Morgan fingerprint density at radius 3 is 2.96 bits per heavy atom. The van der Waals surface area contributed by atoms with Crippen LogP contribution < -0.4 is 4.72 Å². The topological polar surface area (TPSA) is 65.2 Å². The maximum atomic E-state index is 11.1. The second-order valence-corrected chi connectivity index (χ2v) is 8.46. The Hall–Kier alpha value is -1.63. The van der Waals surface area contributed by atoms with E-state index in [9.17, 15) is 8.42 Å². The van der Waals surface area contributed by atoms with E-state index in [1.165, 1.54) is 36.6 Å². The summed E-state index contributed by atoms with van der Waals surface area (Å²) in [5.41, 5.74) is 3.59. The predicted molar refractivity (Wildman–Crippen MR) is 99.5 cm³/mol. The molecule has 0 radical (unpaired) electrons. The van der Waals surface area contributed by atoms with Crippen molar-refractivity contribution in [2.24, 2.45) is 0 Å². The van der Waals surface area contributed by atoms with Gasteiger partial charge in [-0.05, 0) is 56.1 Å². The monoisotopic (exact) mass is 347 g/mol. The van der Waals surface area contributed by atoms with E-state index in [1.54, 1.807) is 0 Å². The van der Waals surface area contributed by atoms with Gasteiger partial charge in [0.2, 0.25) is 10.0 Å². The predicted octanol–water partition coefficient (Wildman–Crippen LogP) is 2.37. The summed E-state index contributed by atoms with van der Waals surface area (Å²) in [7, 11) is -0.937. The molecule has 1 aliphatic heterocycles. The van der Waals surface area contributed by atoms with Gasteiger partial charge in [0.1, 0.15) is 0 Å². The summed E-state index contributed by atoms with van der Waals surface area (Å²) in [6, 6.07) is 6.93. The molecule has 2 aromatic rings. The number of rotatable bonds is 6. The lowest BCUT2D eigenvalue weighted by Crippen LogP contribution is -2.26. The number of sulfonamides is 1. The largest absolute Gasteiger partial charge is 0.361 e. The zero-order chi connectivity index (χ0) is 17.2. The number of likely N-dealkylation sites (N-methyl/N-ethyl adjacent to an activating group) is 1. The fourth-order valence-corrected chi connectivity index (χ4v) is 3.75.